The zero-order valence-electron chi connectivity index (χ0n) is 12.9. The molecule has 0 aliphatic carbocycles. The minimum atomic E-state index is -0.505. The molecule has 1 amide bonds. The van der Waals surface area contributed by atoms with Gasteiger partial charge in [-0.05, 0) is 35.7 Å². The Morgan fingerprint density at radius 3 is 2.50 bits per heavy atom. The summed E-state index contributed by atoms with van der Waals surface area (Å²) in [5.41, 5.74) is 9.78. The second-order valence-corrected chi connectivity index (χ2v) is 5.87. The Bertz CT molecular complexity index is 1070. The third-order valence-electron chi connectivity index (χ3n) is 4.35. The molecule has 0 bridgehead atoms. The maximum absolute atomic E-state index is 11.8. The highest BCUT2D eigenvalue weighted by Gasteiger charge is 2.17. The van der Waals surface area contributed by atoms with E-state index in [2.05, 4.69) is 17.1 Å². The van der Waals surface area contributed by atoms with Crippen LogP contribution >= 0.6 is 0 Å². The van der Waals surface area contributed by atoms with E-state index >= 15 is 0 Å². The summed E-state index contributed by atoms with van der Waals surface area (Å²) in [7, 11) is 0. The van der Waals surface area contributed by atoms with Crippen molar-refractivity contribution >= 4 is 27.7 Å². The molecule has 3 aromatic carbocycles. The maximum Gasteiger partial charge on any atom is 0.249 e. The standard InChI is InChI=1S/C20H16N2O2/c21-20(24)14-7-4-8-15-17(14)18-16(23)10-9-13(19(18)22-15)11-12-5-2-1-3-6-12/h1-10,22-23H,11H2,(H2,21,24). The molecular weight excluding hydrogens is 300 g/mol. The van der Waals surface area contributed by atoms with Crippen LogP contribution in [0.2, 0.25) is 0 Å². The van der Waals surface area contributed by atoms with Gasteiger partial charge in [-0.1, -0.05) is 42.5 Å². The lowest BCUT2D eigenvalue weighted by atomic mass is 9.99. The summed E-state index contributed by atoms with van der Waals surface area (Å²) < 4.78 is 0. The summed E-state index contributed by atoms with van der Waals surface area (Å²) in [5, 5.41) is 11.7. The Labute approximate surface area is 138 Å². The summed E-state index contributed by atoms with van der Waals surface area (Å²) in [5.74, 6) is -0.365. The quantitative estimate of drug-likeness (QED) is 0.538. The van der Waals surface area contributed by atoms with Crippen LogP contribution in [0.4, 0.5) is 0 Å². The third-order valence-corrected chi connectivity index (χ3v) is 4.35. The van der Waals surface area contributed by atoms with Gasteiger partial charge < -0.3 is 15.8 Å². The van der Waals surface area contributed by atoms with E-state index in [1.807, 2.05) is 30.3 Å². The number of hydrogen-bond donors (Lipinski definition) is 3. The number of nitrogens with two attached hydrogens (primary N) is 1. The molecule has 4 heteroatoms. The number of phenols is 1. The van der Waals surface area contributed by atoms with Gasteiger partial charge in [-0.25, -0.2) is 0 Å². The molecule has 0 atom stereocenters. The SMILES string of the molecule is NC(=O)c1cccc2[nH]c3c(Cc4ccccc4)ccc(O)c3c12. The van der Waals surface area contributed by atoms with Crippen molar-refractivity contribution in [1.29, 1.82) is 0 Å². The second-order valence-electron chi connectivity index (χ2n) is 5.87. The van der Waals surface area contributed by atoms with Gasteiger partial charge in [0.1, 0.15) is 5.75 Å². The molecule has 4 N–H and O–H groups in total. The topological polar surface area (TPSA) is 79.1 Å². The monoisotopic (exact) mass is 316 g/mol. The van der Waals surface area contributed by atoms with Crippen LogP contribution in [-0.2, 0) is 6.42 Å². The fourth-order valence-electron chi connectivity index (χ4n) is 3.26. The molecule has 0 saturated carbocycles. The van der Waals surface area contributed by atoms with Crippen LogP contribution in [0.3, 0.4) is 0 Å². The third kappa shape index (κ3) is 2.20. The van der Waals surface area contributed by atoms with Gasteiger partial charge in [0.2, 0.25) is 5.91 Å². The van der Waals surface area contributed by atoms with E-state index in [-0.39, 0.29) is 5.75 Å². The largest absolute Gasteiger partial charge is 0.507 e. The zero-order valence-corrected chi connectivity index (χ0v) is 12.9. The number of H-pyrrole nitrogens is 1. The van der Waals surface area contributed by atoms with Crippen molar-refractivity contribution in [3.05, 3.63) is 77.4 Å². The minimum absolute atomic E-state index is 0.141. The molecule has 0 saturated heterocycles. The lowest BCUT2D eigenvalue weighted by Crippen LogP contribution is -2.10. The van der Waals surface area contributed by atoms with Crippen molar-refractivity contribution in [3.8, 4) is 5.75 Å². The average molecular weight is 316 g/mol. The van der Waals surface area contributed by atoms with Crippen LogP contribution in [0, 0.1) is 0 Å². The molecule has 0 aliphatic rings. The number of carbonyl (C=O) groups excluding carboxylic acids is 1. The van der Waals surface area contributed by atoms with Crippen LogP contribution < -0.4 is 5.73 Å². The van der Waals surface area contributed by atoms with E-state index in [4.69, 9.17) is 5.73 Å². The fraction of sp³-hybridized carbons (Fsp3) is 0.0500. The maximum atomic E-state index is 11.8. The average Bonchev–Trinajstić information content (AvgIpc) is 2.99. The molecule has 4 aromatic rings. The zero-order chi connectivity index (χ0) is 16.7. The van der Waals surface area contributed by atoms with E-state index in [9.17, 15) is 9.90 Å². The normalized spacial score (nSPS) is 11.2. The first-order valence-electron chi connectivity index (χ1n) is 7.74. The number of aromatic amines is 1. The Morgan fingerprint density at radius 1 is 0.958 bits per heavy atom. The van der Waals surface area contributed by atoms with Gasteiger partial charge in [-0.15, -0.1) is 0 Å². The van der Waals surface area contributed by atoms with Gasteiger partial charge in [0, 0.05) is 16.5 Å². The smallest absolute Gasteiger partial charge is 0.249 e. The van der Waals surface area contributed by atoms with Crippen LogP contribution in [0.5, 0.6) is 5.75 Å². The Morgan fingerprint density at radius 2 is 1.75 bits per heavy atom. The van der Waals surface area contributed by atoms with E-state index in [0.717, 1.165) is 23.0 Å². The molecule has 118 valence electrons. The number of hydrogen-bond acceptors (Lipinski definition) is 2. The number of carbonyl (C=O) groups is 1. The number of aromatic hydroxyl groups is 1. The van der Waals surface area contributed by atoms with Crippen molar-refractivity contribution in [2.75, 3.05) is 0 Å². The molecular formula is C20H16N2O2. The van der Waals surface area contributed by atoms with E-state index < -0.39 is 5.91 Å². The van der Waals surface area contributed by atoms with Crippen molar-refractivity contribution in [2.24, 2.45) is 5.73 Å². The highest BCUT2D eigenvalue weighted by molar-refractivity contribution is 6.19. The first kappa shape index (κ1) is 14.3. The number of benzene rings is 3. The van der Waals surface area contributed by atoms with Crippen LogP contribution in [-0.4, -0.2) is 16.0 Å². The summed E-state index contributed by atoms with van der Waals surface area (Å²) >= 11 is 0. The van der Waals surface area contributed by atoms with Gasteiger partial charge in [0.25, 0.3) is 0 Å². The minimum Gasteiger partial charge on any atom is -0.507 e. The molecule has 1 aromatic heterocycles. The molecule has 0 spiro atoms. The Kier molecular flexibility index (Phi) is 3.24. The summed E-state index contributed by atoms with van der Waals surface area (Å²) in [4.78, 5) is 15.1. The number of fused-ring (bicyclic) bond motifs is 3. The highest BCUT2D eigenvalue weighted by Crippen LogP contribution is 2.36. The first-order valence-corrected chi connectivity index (χ1v) is 7.74. The molecule has 0 fully saturated rings. The van der Waals surface area contributed by atoms with Gasteiger partial charge >= 0.3 is 0 Å². The van der Waals surface area contributed by atoms with E-state index in [0.29, 0.717) is 16.3 Å². The molecule has 0 unspecified atom stereocenters. The van der Waals surface area contributed by atoms with Gasteiger partial charge in [0.15, 0.2) is 0 Å². The number of rotatable bonds is 3. The number of phenolic OH excluding ortho intramolecular Hbond substituents is 1. The van der Waals surface area contributed by atoms with Crippen molar-refractivity contribution in [2.45, 2.75) is 6.42 Å². The summed E-state index contributed by atoms with van der Waals surface area (Å²) in [6, 6.07) is 19.0. The van der Waals surface area contributed by atoms with E-state index in [1.165, 1.54) is 5.56 Å². The molecule has 1 heterocycles. The lowest BCUT2D eigenvalue weighted by Gasteiger charge is -2.06. The predicted molar refractivity (Wildman–Crippen MR) is 95.2 cm³/mol. The van der Waals surface area contributed by atoms with Crippen molar-refractivity contribution < 1.29 is 9.90 Å². The molecule has 24 heavy (non-hydrogen) atoms. The number of aromatic nitrogens is 1. The number of nitrogens with one attached hydrogen (secondary N) is 1. The van der Waals surface area contributed by atoms with Crippen LogP contribution in [0.25, 0.3) is 21.8 Å². The summed E-state index contributed by atoms with van der Waals surface area (Å²) in [6.07, 6.45) is 0.732. The molecule has 0 aliphatic heterocycles. The molecule has 4 nitrogen and oxygen atoms in total. The molecule has 4 rings (SSSR count). The van der Waals surface area contributed by atoms with Gasteiger partial charge in [-0.3, -0.25) is 4.79 Å². The second kappa shape index (κ2) is 5.42. The Balaban J connectivity index is 2.01. The summed E-state index contributed by atoms with van der Waals surface area (Å²) in [6.45, 7) is 0. The van der Waals surface area contributed by atoms with Crippen molar-refractivity contribution in [3.63, 3.8) is 0 Å². The first-order chi connectivity index (χ1) is 11.6. The predicted octanol–water partition coefficient (Wildman–Crippen LogP) is 3.72. The Hall–Kier alpha value is -3.27. The number of amides is 1. The van der Waals surface area contributed by atoms with Crippen LogP contribution in [0.15, 0.2) is 60.7 Å². The molecule has 0 radical (unpaired) electrons. The lowest BCUT2D eigenvalue weighted by molar-refractivity contribution is 0.100. The van der Waals surface area contributed by atoms with Crippen LogP contribution in [0.1, 0.15) is 21.5 Å². The van der Waals surface area contributed by atoms with Crippen molar-refractivity contribution in [1.82, 2.24) is 4.98 Å². The number of primary amides is 1. The highest BCUT2D eigenvalue weighted by atomic mass is 16.3. The van der Waals surface area contributed by atoms with Gasteiger partial charge in [0.05, 0.1) is 10.9 Å². The fourth-order valence-corrected chi connectivity index (χ4v) is 3.26. The van der Waals surface area contributed by atoms with E-state index in [1.54, 1.807) is 18.2 Å². The van der Waals surface area contributed by atoms with Gasteiger partial charge in [-0.2, -0.15) is 0 Å².